The van der Waals surface area contributed by atoms with Crippen molar-refractivity contribution in [1.82, 2.24) is 4.90 Å². The summed E-state index contributed by atoms with van der Waals surface area (Å²) in [5.74, 6) is 0.0545. The van der Waals surface area contributed by atoms with E-state index >= 15 is 0 Å². The first kappa shape index (κ1) is 13.0. The van der Waals surface area contributed by atoms with Crippen molar-refractivity contribution < 1.29 is 4.79 Å². The van der Waals surface area contributed by atoms with Crippen molar-refractivity contribution in [1.29, 1.82) is 0 Å². The number of carbonyl (C=O) groups is 1. The van der Waals surface area contributed by atoms with Crippen molar-refractivity contribution in [3.05, 3.63) is 42.0 Å². The van der Waals surface area contributed by atoms with Crippen LogP contribution in [0.4, 0.5) is 5.69 Å². The molecule has 20 heavy (non-hydrogen) atoms. The molecule has 1 fully saturated rings. The predicted octanol–water partition coefficient (Wildman–Crippen LogP) is 3.29. The fraction of sp³-hybridized carbons (Fsp3) is 0.353. The number of anilines is 1. The second kappa shape index (κ2) is 4.51. The molecule has 1 heterocycles. The molecule has 0 aliphatic carbocycles. The average Bonchev–Trinajstić information content (AvgIpc) is 2.77. The van der Waals surface area contributed by atoms with E-state index in [4.69, 9.17) is 5.73 Å². The summed E-state index contributed by atoms with van der Waals surface area (Å²) in [6, 6.07) is 11.8. The molecule has 1 amide bonds. The standard InChI is InChI=1S/C17H20N2O/c1-17(2)7-8-19(11-17)16(20)14-9-12-5-3-4-6-13(12)10-15(14)18/h3-6,9-10H,7-8,11,18H2,1-2H3. The molecule has 0 saturated carbocycles. The summed E-state index contributed by atoms with van der Waals surface area (Å²) in [5.41, 5.74) is 7.48. The molecule has 0 bridgehead atoms. The number of carbonyl (C=O) groups excluding carboxylic acids is 1. The highest BCUT2D eigenvalue weighted by Gasteiger charge is 2.32. The Hall–Kier alpha value is -2.03. The maximum absolute atomic E-state index is 12.6. The van der Waals surface area contributed by atoms with Gasteiger partial charge in [-0.3, -0.25) is 4.79 Å². The lowest BCUT2D eigenvalue weighted by Gasteiger charge is -2.20. The van der Waals surface area contributed by atoms with Crippen molar-refractivity contribution in [2.24, 2.45) is 5.41 Å². The summed E-state index contributed by atoms with van der Waals surface area (Å²) >= 11 is 0. The number of nitrogens with two attached hydrogens (primary N) is 1. The van der Waals surface area contributed by atoms with Crippen LogP contribution in [-0.2, 0) is 0 Å². The van der Waals surface area contributed by atoms with Crippen LogP contribution in [0.5, 0.6) is 0 Å². The molecule has 104 valence electrons. The molecule has 0 aromatic heterocycles. The first-order valence-corrected chi connectivity index (χ1v) is 7.04. The van der Waals surface area contributed by atoms with Gasteiger partial charge in [-0.05, 0) is 34.7 Å². The molecule has 3 heteroatoms. The topological polar surface area (TPSA) is 46.3 Å². The van der Waals surface area contributed by atoms with E-state index in [0.29, 0.717) is 11.3 Å². The number of hydrogen-bond donors (Lipinski definition) is 1. The van der Waals surface area contributed by atoms with Crippen LogP contribution >= 0.6 is 0 Å². The summed E-state index contributed by atoms with van der Waals surface area (Å²) in [5, 5.41) is 2.13. The molecule has 3 rings (SSSR count). The molecule has 1 saturated heterocycles. The van der Waals surface area contributed by atoms with Crippen LogP contribution in [0.3, 0.4) is 0 Å². The molecule has 0 unspecified atom stereocenters. The Balaban J connectivity index is 1.97. The fourth-order valence-electron chi connectivity index (χ4n) is 2.90. The first-order chi connectivity index (χ1) is 9.46. The van der Waals surface area contributed by atoms with Gasteiger partial charge in [0.1, 0.15) is 0 Å². The maximum atomic E-state index is 12.6. The van der Waals surface area contributed by atoms with Crippen molar-refractivity contribution in [3.63, 3.8) is 0 Å². The molecular weight excluding hydrogens is 248 g/mol. The Morgan fingerprint density at radius 2 is 1.85 bits per heavy atom. The van der Waals surface area contributed by atoms with Gasteiger partial charge in [0, 0.05) is 18.8 Å². The number of benzene rings is 2. The zero-order valence-electron chi connectivity index (χ0n) is 12.0. The Bertz CT molecular complexity index is 676. The van der Waals surface area contributed by atoms with Crippen molar-refractivity contribution in [2.75, 3.05) is 18.8 Å². The maximum Gasteiger partial charge on any atom is 0.255 e. The third-order valence-electron chi connectivity index (χ3n) is 4.11. The third-order valence-corrected chi connectivity index (χ3v) is 4.11. The third kappa shape index (κ3) is 2.24. The minimum absolute atomic E-state index is 0.0545. The number of rotatable bonds is 1. The number of amides is 1. The first-order valence-electron chi connectivity index (χ1n) is 7.04. The van der Waals surface area contributed by atoms with Gasteiger partial charge in [-0.25, -0.2) is 0 Å². The van der Waals surface area contributed by atoms with Crippen molar-refractivity contribution in [3.8, 4) is 0 Å². The van der Waals surface area contributed by atoms with E-state index in [1.54, 1.807) is 0 Å². The number of nitrogens with zero attached hydrogens (tertiary/aromatic N) is 1. The monoisotopic (exact) mass is 268 g/mol. The van der Waals surface area contributed by atoms with Gasteiger partial charge in [-0.1, -0.05) is 38.1 Å². The molecule has 2 aromatic rings. The Morgan fingerprint density at radius 3 is 2.45 bits per heavy atom. The van der Waals surface area contributed by atoms with E-state index < -0.39 is 0 Å². The van der Waals surface area contributed by atoms with E-state index in [0.717, 1.165) is 30.3 Å². The summed E-state index contributed by atoms with van der Waals surface area (Å²) in [4.78, 5) is 14.6. The van der Waals surface area contributed by atoms with Gasteiger partial charge >= 0.3 is 0 Å². The van der Waals surface area contributed by atoms with Gasteiger partial charge < -0.3 is 10.6 Å². The quantitative estimate of drug-likeness (QED) is 0.807. The second-order valence-corrected chi connectivity index (χ2v) is 6.43. The van der Waals surface area contributed by atoms with Crippen LogP contribution in [0.2, 0.25) is 0 Å². The number of hydrogen-bond acceptors (Lipinski definition) is 2. The highest BCUT2D eigenvalue weighted by atomic mass is 16.2. The molecule has 2 aromatic carbocycles. The zero-order chi connectivity index (χ0) is 14.3. The van der Waals surface area contributed by atoms with Gasteiger partial charge in [0.25, 0.3) is 5.91 Å². The fourth-order valence-corrected chi connectivity index (χ4v) is 2.90. The highest BCUT2D eigenvalue weighted by Crippen LogP contribution is 2.31. The summed E-state index contributed by atoms with van der Waals surface area (Å²) < 4.78 is 0. The lowest BCUT2D eigenvalue weighted by molar-refractivity contribution is 0.0779. The Kier molecular flexibility index (Phi) is 2.93. The van der Waals surface area contributed by atoms with E-state index in [2.05, 4.69) is 13.8 Å². The van der Waals surface area contributed by atoms with Crippen LogP contribution in [-0.4, -0.2) is 23.9 Å². The van der Waals surface area contributed by atoms with Gasteiger partial charge in [0.15, 0.2) is 0 Å². The number of fused-ring (bicyclic) bond motifs is 1. The molecule has 0 radical (unpaired) electrons. The Labute approximate surface area is 119 Å². The van der Waals surface area contributed by atoms with Crippen molar-refractivity contribution >= 4 is 22.4 Å². The minimum Gasteiger partial charge on any atom is -0.398 e. The van der Waals surface area contributed by atoms with Crippen LogP contribution < -0.4 is 5.73 Å². The molecular formula is C17H20N2O. The lowest BCUT2D eigenvalue weighted by atomic mass is 9.93. The number of likely N-dealkylation sites (tertiary alicyclic amines) is 1. The normalized spacial score (nSPS) is 17.6. The van der Waals surface area contributed by atoms with Crippen LogP contribution in [0.1, 0.15) is 30.6 Å². The predicted molar refractivity (Wildman–Crippen MR) is 82.7 cm³/mol. The lowest BCUT2D eigenvalue weighted by Crippen LogP contribution is -2.30. The Morgan fingerprint density at radius 1 is 1.20 bits per heavy atom. The van der Waals surface area contributed by atoms with Gasteiger partial charge in [-0.15, -0.1) is 0 Å². The smallest absolute Gasteiger partial charge is 0.255 e. The van der Waals surface area contributed by atoms with E-state index in [1.165, 1.54) is 0 Å². The second-order valence-electron chi connectivity index (χ2n) is 6.43. The molecule has 0 atom stereocenters. The van der Waals surface area contributed by atoms with E-state index in [1.807, 2.05) is 41.3 Å². The summed E-state index contributed by atoms with van der Waals surface area (Å²) in [6.07, 6.45) is 1.05. The largest absolute Gasteiger partial charge is 0.398 e. The van der Waals surface area contributed by atoms with Crippen LogP contribution in [0.15, 0.2) is 36.4 Å². The van der Waals surface area contributed by atoms with E-state index in [9.17, 15) is 4.79 Å². The van der Waals surface area contributed by atoms with E-state index in [-0.39, 0.29) is 11.3 Å². The molecule has 1 aliphatic rings. The van der Waals surface area contributed by atoms with Crippen molar-refractivity contribution in [2.45, 2.75) is 20.3 Å². The van der Waals surface area contributed by atoms with Gasteiger partial charge in [0.2, 0.25) is 0 Å². The minimum atomic E-state index is 0.0545. The van der Waals surface area contributed by atoms with Gasteiger partial charge in [0.05, 0.1) is 5.56 Å². The van der Waals surface area contributed by atoms with Crippen LogP contribution in [0, 0.1) is 5.41 Å². The van der Waals surface area contributed by atoms with Crippen LogP contribution in [0.25, 0.3) is 10.8 Å². The molecule has 1 aliphatic heterocycles. The highest BCUT2D eigenvalue weighted by molar-refractivity contribution is 6.04. The summed E-state index contributed by atoms with van der Waals surface area (Å²) in [6.45, 7) is 6.02. The zero-order valence-corrected chi connectivity index (χ0v) is 12.0. The molecule has 0 spiro atoms. The SMILES string of the molecule is CC1(C)CCN(C(=O)c2cc3ccccc3cc2N)C1. The molecule has 2 N–H and O–H groups in total. The average molecular weight is 268 g/mol. The number of nitrogen functional groups attached to an aromatic ring is 1. The summed E-state index contributed by atoms with van der Waals surface area (Å²) in [7, 11) is 0. The molecule has 3 nitrogen and oxygen atoms in total. The van der Waals surface area contributed by atoms with Gasteiger partial charge in [-0.2, -0.15) is 0 Å².